The number of aliphatic hydroxyl groups is 1. The van der Waals surface area contributed by atoms with E-state index in [0.717, 1.165) is 4.57 Å². The quantitative estimate of drug-likeness (QED) is 0.119. The van der Waals surface area contributed by atoms with Crippen molar-refractivity contribution in [3.8, 4) is 0 Å². The summed E-state index contributed by atoms with van der Waals surface area (Å²) in [4.78, 5) is 51.6. The second-order valence-electron chi connectivity index (χ2n) is 6.09. The lowest BCUT2D eigenvalue weighted by molar-refractivity contribution is -0.183. The Labute approximate surface area is 179 Å². The van der Waals surface area contributed by atoms with Crippen molar-refractivity contribution in [2.75, 3.05) is 12.3 Å². The topological polar surface area (TPSA) is 259 Å². The first-order chi connectivity index (χ1) is 14.6. The summed E-state index contributed by atoms with van der Waals surface area (Å²) in [7, 11) is -17.0. The normalized spacial score (nSPS) is 26.2. The summed E-state index contributed by atoms with van der Waals surface area (Å²) in [5.74, 6) is -0.0683. The van der Waals surface area contributed by atoms with E-state index in [2.05, 4.69) is 24.7 Å². The molecule has 182 valence electrons. The number of nitrogens with two attached hydrogens (primary N) is 1. The summed E-state index contributed by atoms with van der Waals surface area (Å²) < 4.78 is 57.7. The number of aromatic nitrogens is 2. The maximum Gasteiger partial charge on any atom is 0.490 e. The van der Waals surface area contributed by atoms with Gasteiger partial charge in [-0.25, -0.2) is 18.5 Å². The third kappa shape index (κ3) is 7.93. The van der Waals surface area contributed by atoms with E-state index in [9.17, 15) is 33.4 Å². The van der Waals surface area contributed by atoms with Crippen molar-refractivity contribution < 1.29 is 61.0 Å². The summed E-state index contributed by atoms with van der Waals surface area (Å²) in [6.07, 6.45) is -3.90. The predicted octanol–water partition coefficient (Wildman–Crippen LogP) is -0.654. The van der Waals surface area contributed by atoms with Gasteiger partial charge in [-0.05, 0) is 6.07 Å². The predicted molar refractivity (Wildman–Crippen MR) is 102 cm³/mol. The Morgan fingerprint density at radius 3 is 2.50 bits per heavy atom. The number of phosphoric ester groups is 1. The molecule has 7 N–H and O–H groups in total. The van der Waals surface area contributed by atoms with Crippen molar-refractivity contribution in [1.29, 1.82) is 0 Å². The van der Waals surface area contributed by atoms with Crippen LogP contribution < -0.4 is 11.4 Å². The van der Waals surface area contributed by atoms with Crippen molar-refractivity contribution in [1.82, 2.24) is 9.55 Å². The number of ether oxygens (including phenoxy) is 2. The molecule has 0 aromatic carbocycles. The minimum atomic E-state index is -5.78. The lowest BCUT2D eigenvalue weighted by atomic mass is 10.1. The number of aliphatic hydroxyl groups excluding tert-OH is 1. The number of anilines is 1. The molecule has 0 radical (unpaired) electrons. The summed E-state index contributed by atoms with van der Waals surface area (Å²) >= 11 is 0. The second-order valence-corrected chi connectivity index (χ2v) is 10.5. The smallest absolute Gasteiger partial charge is 0.390 e. The number of phosphoric acid groups is 3. The summed E-state index contributed by atoms with van der Waals surface area (Å²) in [5.41, 5.74) is 4.58. The van der Waals surface area contributed by atoms with Gasteiger partial charge in [0.15, 0.2) is 6.29 Å². The fourth-order valence-electron chi connectivity index (χ4n) is 2.52. The van der Waals surface area contributed by atoms with Crippen LogP contribution in [0.3, 0.4) is 0 Å². The van der Waals surface area contributed by atoms with Gasteiger partial charge in [-0.1, -0.05) is 6.08 Å². The zero-order valence-corrected chi connectivity index (χ0v) is 18.6. The Bertz CT molecular complexity index is 1030. The monoisotopic (exact) mass is 523 g/mol. The minimum Gasteiger partial charge on any atom is -0.390 e. The van der Waals surface area contributed by atoms with Crippen molar-refractivity contribution in [2.45, 2.75) is 31.1 Å². The second kappa shape index (κ2) is 10.3. The first-order valence-electron chi connectivity index (χ1n) is 8.35. The number of nitrogens with zero attached hydrogens (tertiary/aromatic N) is 2. The molecule has 1 aliphatic heterocycles. The molecule has 17 nitrogen and oxygen atoms in total. The van der Waals surface area contributed by atoms with Crippen LogP contribution in [0.2, 0.25) is 0 Å². The Morgan fingerprint density at radius 1 is 1.28 bits per heavy atom. The molecule has 0 amide bonds. The maximum atomic E-state index is 12.1. The summed E-state index contributed by atoms with van der Waals surface area (Å²) in [5, 5.41) is 10.3. The highest BCUT2D eigenvalue weighted by Gasteiger charge is 2.47. The first kappa shape index (κ1) is 27.0. The highest BCUT2D eigenvalue weighted by molar-refractivity contribution is 7.66. The molecule has 0 aliphatic carbocycles. The van der Waals surface area contributed by atoms with Gasteiger partial charge < -0.3 is 39.9 Å². The van der Waals surface area contributed by atoms with Gasteiger partial charge in [-0.3, -0.25) is 9.09 Å². The van der Waals surface area contributed by atoms with E-state index in [4.69, 9.17) is 25.0 Å². The molecule has 2 heterocycles. The number of hydrogen-bond donors (Lipinski definition) is 6. The first-order valence-corrected chi connectivity index (χ1v) is 12.9. The average molecular weight is 523 g/mol. The fourth-order valence-corrected chi connectivity index (χ4v) is 5.62. The largest absolute Gasteiger partial charge is 0.490 e. The van der Waals surface area contributed by atoms with Crippen LogP contribution in [-0.2, 0) is 36.3 Å². The Kier molecular flexibility index (Phi) is 8.70. The van der Waals surface area contributed by atoms with Gasteiger partial charge in [0, 0.05) is 12.6 Å². The molecule has 2 rings (SSSR count). The van der Waals surface area contributed by atoms with Gasteiger partial charge in [-0.2, -0.15) is 13.6 Å². The van der Waals surface area contributed by atoms with Crippen molar-refractivity contribution in [3.05, 3.63) is 35.4 Å². The van der Waals surface area contributed by atoms with Crippen LogP contribution in [0.4, 0.5) is 5.82 Å². The molecular weight excluding hydrogens is 503 g/mol. The van der Waals surface area contributed by atoms with Crippen LogP contribution >= 0.6 is 23.5 Å². The van der Waals surface area contributed by atoms with Gasteiger partial charge in [0.25, 0.3) is 0 Å². The van der Waals surface area contributed by atoms with E-state index in [1.807, 2.05) is 0 Å². The average Bonchev–Trinajstić information content (AvgIpc) is 2.96. The highest BCUT2D eigenvalue weighted by atomic mass is 31.3. The summed E-state index contributed by atoms with van der Waals surface area (Å²) in [6, 6.07) is 1.28. The van der Waals surface area contributed by atoms with Gasteiger partial charge in [-0.15, -0.1) is 6.58 Å². The molecule has 1 fully saturated rings. The number of nitrogen functional groups attached to an aromatic ring is 1. The lowest BCUT2D eigenvalue weighted by Crippen LogP contribution is -2.38. The van der Waals surface area contributed by atoms with Crippen LogP contribution in [0, 0.1) is 0 Å². The molecule has 0 bridgehead atoms. The fraction of sp³-hybridized carbons (Fsp3) is 0.500. The Balaban J connectivity index is 2.20. The zero-order valence-electron chi connectivity index (χ0n) is 15.9. The molecule has 1 aromatic heterocycles. The third-order valence-corrected chi connectivity index (χ3v) is 7.40. The minimum absolute atomic E-state index is 0.0683. The maximum absolute atomic E-state index is 12.1. The molecule has 0 saturated carbocycles. The van der Waals surface area contributed by atoms with Crippen LogP contribution in [0.15, 0.2) is 29.7 Å². The van der Waals surface area contributed by atoms with Crippen LogP contribution in [0.1, 0.15) is 12.6 Å². The van der Waals surface area contributed by atoms with Gasteiger partial charge >= 0.3 is 29.2 Å². The van der Waals surface area contributed by atoms with E-state index in [1.165, 1.54) is 18.3 Å². The number of rotatable bonds is 11. The molecule has 20 heteroatoms. The zero-order chi connectivity index (χ0) is 24.3. The van der Waals surface area contributed by atoms with Crippen molar-refractivity contribution in [2.24, 2.45) is 0 Å². The molecule has 6 atom stereocenters. The molecule has 3 unspecified atom stereocenters. The van der Waals surface area contributed by atoms with Gasteiger partial charge in [0.1, 0.15) is 18.1 Å². The van der Waals surface area contributed by atoms with E-state index >= 15 is 0 Å². The van der Waals surface area contributed by atoms with E-state index in [0.29, 0.717) is 0 Å². The van der Waals surface area contributed by atoms with Crippen LogP contribution in [-0.4, -0.2) is 59.3 Å². The van der Waals surface area contributed by atoms with Crippen molar-refractivity contribution in [3.63, 3.8) is 0 Å². The Morgan fingerprint density at radius 2 is 1.94 bits per heavy atom. The Hall–Kier alpha value is -1.29. The molecular formula is C12H20N3O14P3. The van der Waals surface area contributed by atoms with E-state index in [1.54, 1.807) is 0 Å². The molecule has 1 saturated heterocycles. The summed E-state index contributed by atoms with van der Waals surface area (Å²) in [6.45, 7) is 3.02. The highest BCUT2D eigenvalue weighted by Crippen LogP contribution is 2.66. The van der Waals surface area contributed by atoms with E-state index in [-0.39, 0.29) is 18.8 Å². The van der Waals surface area contributed by atoms with Crippen LogP contribution in [0.5, 0.6) is 0 Å². The van der Waals surface area contributed by atoms with Gasteiger partial charge in [0.2, 0.25) is 0 Å². The lowest BCUT2D eigenvalue weighted by Gasteiger charge is -2.27. The van der Waals surface area contributed by atoms with Crippen LogP contribution in [0.25, 0.3) is 0 Å². The SMILES string of the molecule is C=CCOC(OP(=O)(O)OP(=O)(O)OP(=O)(O)O)[C@H]1O[C@@H](n2ccc(N)nc2=O)C[C@@H]1O. The van der Waals surface area contributed by atoms with Gasteiger partial charge in [0.05, 0.1) is 12.7 Å². The van der Waals surface area contributed by atoms with E-state index < -0.39 is 53.9 Å². The number of hydrogen-bond acceptors (Lipinski definition) is 12. The molecule has 1 aliphatic rings. The molecule has 0 spiro atoms. The standard InChI is InChI=1S/C12H20N3O14P3/c1-2-5-25-11(27-31(21,22)29-32(23,24)28-30(18,19)20)10-7(16)6-9(26-10)15-4-3-8(13)14-12(15)17/h2-4,7,9-11,16H,1,5-6H2,(H,21,22)(H,23,24)(H2,13,14,17)(H2,18,19,20)/t7-,9+,10-,11?/m0/s1. The molecule has 1 aromatic rings. The third-order valence-electron chi connectivity index (χ3n) is 3.60. The van der Waals surface area contributed by atoms with Crippen molar-refractivity contribution >= 4 is 29.3 Å². The molecule has 32 heavy (non-hydrogen) atoms.